The third-order valence-electron chi connectivity index (χ3n) is 2.03. The van der Waals surface area contributed by atoms with Crippen LogP contribution in [0.2, 0.25) is 5.02 Å². The van der Waals surface area contributed by atoms with Crippen molar-refractivity contribution >= 4 is 46.4 Å². The van der Waals surface area contributed by atoms with Gasteiger partial charge in [0.05, 0.1) is 9.92 Å². The quantitative estimate of drug-likeness (QED) is 0.841. The first-order chi connectivity index (χ1) is 8.09. The summed E-state index contributed by atoms with van der Waals surface area (Å²) in [5.74, 6) is -0.937. The molecule has 0 bridgehead atoms. The fourth-order valence-electron chi connectivity index (χ4n) is 1.28. The van der Waals surface area contributed by atoms with E-state index in [1.807, 2.05) is 0 Å². The Labute approximate surface area is 111 Å². The second kappa shape index (κ2) is 5.00. The van der Waals surface area contributed by atoms with E-state index in [2.05, 4.69) is 0 Å². The lowest BCUT2D eigenvalue weighted by molar-refractivity contribution is 0.0699. The Bertz CT molecular complexity index is 548. The first kappa shape index (κ1) is 12.3. The highest BCUT2D eigenvalue weighted by Gasteiger charge is 2.15. The molecule has 0 atom stereocenters. The van der Waals surface area contributed by atoms with Gasteiger partial charge in [-0.1, -0.05) is 29.4 Å². The number of rotatable bonds is 3. The number of carboxylic acid groups (broad SMARTS) is 1. The number of aromatic carboxylic acids is 1. The van der Waals surface area contributed by atoms with Crippen LogP contribution in [0.5, 0.6) is 0 Å². The molecule has 0 fully saturated rings. The van der Waals surface area contributed by atoms with Crippen molar-refractivity contribution < 1.29 is 9.90 Å². The molecule has 0 aliphatic carbocycles. The fourth-order valence-corrected chi connectivity index (χ4v) is 3.44. The van der Waals surface area contributed by atoms with Crippen LogP contribution >= 0.6 is 34.7 Å². The molecule has 0 unspecified atom stereocenters. The van der Waals surface area contributed by atoms with E-state index in [1.165, 1.54) is 23.1 Å². The van der Waals surface area contributed by atoms with Gasteiger partial charge in [0.25, 0.3) is 0 Å². The topological polar surface area (TPSA) is 63.3 Å². The SMILES string of the molecule is Nc1cccc(Cl)c1Sc1ccsc1C(=O)O. The monoisotopic (exact) mass is 285 g/mol. The number of carboxylic acids is 1. The van der Waals surface area contributed by atoms with Gasteiger partial charge < -0.3 is 10.8 Å². The highest BCUT2D eigenvalue weighted by Crippen LogP contribution is 2.40. The summed E-state index contributed by atoms with van der Waals surface area (Å²) in [7, 11) is 0. The summed E-state index contributed by atoms with van der Waals surface area (Å²) in [6, 6.07) is 6.98. The number of halogens is 1. The second-order valence-corrected chi connectivity index (χ2v) is 5.55. The Balaban J connectivity index is 2.38. The summed E-state index contributed by atoms with van der Waals surface area (Å²) < 4.78 is 0. The maximum atomic E-state index is 11.0. The Morgan fingerprint density at radius 3 is 2.82 bits per heavy atom. The minimum atomic E-state index is -0.937. The van der Waals surface area contributed by atoms with Crippen LogP contribution in [0.3, 0.4) is 0 Å². The zero-order valence-electron chi connectivity index (χ0n) is 8.51. The zero-order valence-corrected chi connectivity index (χ0v) is 10.9. The standard InChI is InChI=1S/C11H8ClNO2S2/c12-6-2-1-3-7(13)9(6)17-8-4-5-16-10(8)11(14)15/h1-5H,13H2,(H,14,15). The molecule has 0 amide bonds. The van der Waals surface area contributed by atoms with E-state index in [1.54, 1.807) is 29.6 Å². The maximum absolute atomic E-state index is 11.0. The van der Waals surface area contributed by atoms with Gasteiger partial charge in [0.1, 0.15) is 4.88 Å². The van der Waals surface area contributed by atoms with Crippen LogP contribution in [0.15, 0.2) is 39.4 Å². The average Bonchev–Trinajstić information content (AvgIpc) is 2.72. The molecule has 88 valence electrons. The molecule has 2 aromatic rings. The molecule has 0 saturated carbocycles. The van der Waals surface area contributed by atoms with Gasteiger partial charge in [-0.25, -0.2) is 4.79 Å². The molecule has 0 aliphatic heterocycles. The molecule has 0 radical (unpaired) electrons. The summed E-state index contributed by atoms with van der Waals surface area (Å²) in [6.45, 7) is 0. The number of anilines is 1. The highest BCUT2D eigenvalue weighted by atomic mass is 35.5. The van der Waals surface area contributed by atoms with E-state index in [-0.39, 0.29) is 0 Å². The van der Waals surface area contributed by atoms with Crippen molar-refractivity contribution in [2.45, 2.75) is 9.79 Å². The van der Waals surface area contributed by atoms with E-state index >= 15 is 0 Å². The third-order valence-corrected chi connectivity index (χ3v) is 4.71. The number of nitrogen functional groups attached to an aromatic ring is 1. The van der Waals surface area contributed by atoms with E-state index in [4.69, 9.17) is 22.4 Å². The van der Waals surface area contributed by atoms with E-state index in [0.29, 0.717) is 25.4 Å². The average molecular weight is 286 g/mol. The van der Waals surface area contributed by atoms with Crippen molar-refractivity contribution in [1.82, 2.24) is 0 Å². The lowest BCUT2D eigenvalue weighted by Gasteiger charge is -2.06. The smallest absolute Gasteiger partial charge is 0.347 e. The Kier molecular flexibility index (Phi) is 3.61. The molecule has 1 heterocycles. The van der Waals surface area contributed by atoms with Gasteiger partial charge in [-0.05, 0) is 23.6 Å². The fraction of sp³-hybridized carbons (Fsp3) is 0. The number of thiophene rings is 1. The van der Waals surface area contributed by atoms with Gasteiger partial charge in [0, 0.05) is 10.6 Å². The lowest BCUT2D eigenvalue weighted by atomic mass is 10.3. The molecular formula is C11H8ClNO2S2. The summed E-state index contributed by atoms with van der Waals surface area (Å²) in [6.07, 6.45) is 0. The lowest BCUT2D eigenvalue weighted by Crippen LogP contribution is -1.94. The van der Waals surface area contributed by atoms with Crippen molar-refractivity contribution in [3.63, 3.8) is 0 Å². The molecule has 1 aromatic heterocycles. The molecule has 0 spiro atoms. The number of benzene rings is 1. The van der Waals surface area contributed by atoms with E-state index in [9.17, 15) is 4.79 Å². The number of hydrogen-bond donors (Lipinski definition) is 2. The van der Waals surface area contributed by atoms with Crippen LogP contribution < -0.4 is 5.73 Å². The van der Waals surface area contributed by atoms with Crippen LogP contribution in [0, 0.1) is 0 Å². The van der Waals surface area contributed by atoms with Gasteiger partial charge >= 0.3 is 5.97 Å². The molecule has 3 nitrogen and oxygen atoms in total. The third kappa shape index (κ3) is 2.57. The summed E-state index contributed by atoms with van der Waals surface area (Å²) in [4.78, 5) is 12.6. The summed E-state index contributed by atoms with van der Waals surface area (Å²) >= 11 is 8.49. The van der Waals surface area contributed by atoms with Gasteiger partial charge in [-0.15, -0.1) is 11.3 Å². The van der Waals surface area contributed by atoms with Crippen LogP contribution in [0.1, 0.15) is 9.67 Å². The van der Waals surface area contributed by atoms with Crippen molar-refractivity contribution in [3.05, 3.63) is 39.5 Å². The van der Waals surface area contributed by atoms with Crippen LogP contribution in [0.4, 0.5) is 5.69 Å². The highest BCUT2D eigenvalue weighted by molar-refractivity contribution is 7.99. The van der Waals surface area contributed by atoms with Crippen molar-refractivity contribution in [2.24, 2.45) is 0 Å². The molecule has 17 heavy (non-hydrogen) atoms. The first-order valence-corrected chi connectivity index (χ1v) is 6.69. The van der Waals surface area contributed by atoms with E-state index in [0.717, 1.165) is 0 Å². The molecule has 0 saturated heterocycles. The molecule has 6 heteroatoms. The van der Waals surface area contributed by atoms with Crippen molar-refractivity contribution in [1.29, 1.82) is 0 Å². The van der Waals surface area contributed by atoms with Gasteiger partial charge in [-0.2, -0.15) is 0 Å². The van der Waals surface area contributed by atoms with Crippen LogP contribution in [0.25, 0.3) is 0 Å². The van der Waals surface area contributed by atoms with Gasteiger partial charge in [-0.3, -0.25) is 0 Å². The summed E-state index contributed by atoms with van der Waals surface area (Å²) in [5, 5.41) is 11.3. The second-order valence-electron chi connectivity index (χ2n) is 3.18. The maximum Gasteiger partial charge on any atom is 0.347 e. The van der Waals surface area contributed by atoms with Gasteiger partial charge in [0.2, 0.25) is 0 Å². The zero-order chi connectivity index (χ0) is 12.4. The molecular weight excluding hydrogens is 278 g/mol. The largest absolute Gasteiger partial charge is 0.477 e. The Morgan fingerprint density at radius 2 is 2.18 bits per heavy atom. The Morgan fingerprint density at radius 1 is 1.41 bits per heavy atom. The molecule has 3 N–H and O–H groups in total. The minimum Gasteiger partial charge on any atom is -0.477 e. The predicted octanol–water partition coefficient (Wildman–Crippen LogP) is 3.83. The van der Waals surface area contributed by atoms with Crippen LogP contribution in [-0.2, 0) is 0 Å². The number of carbonyl (C=O) groups is 1. The minimum absolute atomic E-state index is 0.300. The molecule has 0 aliphatic rings. The van der Waals surface area contributed by atoms with Crippen molar-refractivity contribution in [3.8, 4) is 0 Å². The first-order valence-electron chi connectivity index (χ1n) is 4.62. The van der Waals surface area contributed by atoms with E-state index < -0.39 is 5.97 Å². The van der Waals surface area contributed by atoms with Crippen molar-refractivity contribution in [2.75, 3.05) is 5.73 Å². The molecule has 2 rings (SSSR count). The normalized spacial score (nSPS) is 10.4. The summed E-state index contributed by atoms with van der Waals surface area (Å²) in [5.41, 5.74) is 6.36. The van der Waals surface area contributed by atoms with Gasteiger partial charge in [0.15, 0.2) is 0 Å². The number of hydrogen-bond acceptors (Lipinski definition) is 4. The predicted molar refractivity (Wildman–Crippen MR) is 71.3 cm³/mol. The number of nitrogens with two attached hydrogens (primary N) is 1. The van der Waals surface area contributed by atoms with Crippen LogP contribution in [-0.4, -0.2) is 11.1 Å². The molecule has 1 aromatic carbocycles. The Hall–Kier alpha value is -1.17.